The van der Waals surface area contributed by atoms with Crippen LogP contribution in [0.4, 0.5) is 14.5 Å². The van der Waals surface area contributed by atoms with Crippen molar-refractivity contribution in [2.75, 3.05) is 37.8 Å². The van der Waals surface area contributed by atoms with Gasteiger partial charge in [0, 0.05) is 43.8 Å². The Morgan fingerprint density at radius 2 is 1.88 bits per heavy atom. The first kappa shape index (κ1) is 21.6. The molecule has 172 valence electrons. The molecule has 2 aromatic carbocycles. The van der Waals surface area contributed by atoms with Crippen LogP contribution in [0, 0.1) is 5.82 Å². The molecule has 0 spiro atoms. The van der Waals surface area contributed by atoms with Crippen molar-refractivity contribution in [1.29, 1.82) is 0 Å². The van der Waals surface area contributed by atoms with Crippen LogP contribution in [-0.4, -0.2) is 53.4 Å². The van der Waals surface area contributed by atoms with E-state index in [2.05, 4.69) is 4.90 Å². The van der Waals surface area contributed by atoms with Crippen molar-refractivity contribution in [3.05, 3.63) is 75.8 Å². The summed E-state index contributed by atoms with van der Waals surface area (Å²) in [5, 5.41) is 9.52. The second kappa shape index (κ2) is 8.59. The van der Waals surface area contributed by atoms with E-state index in [1.54, 1.807) is 10.6 Å². The second-order valence-electron chi connectivity index (χ2n) is 8.73. The van der Waals surface area contributed by atoms with Crippen LogP contribution in [0.15, 0.2) is 53.5 Å². The fourth-order valence-corrected chi connectivity index (χ4v) is 4.82. The molecule has 3 aromatic rings. The SMILES string of the molecule is O=C(O)c1cn(C2CC2)c2cc(N3CCN(CCF)C(c4ccccc4)C3)c(F)cc2c1=O. The van der Waals surface area contributed by atoms with Crippen LogP contribution in [0.2, 0.25) is 0 Å². The van der Waals surface area contributed by atoms with E-state index in [-0.39, 0.29) is 23.0 Å². The van der Waals surface area contributed by atoms with Gasteiger partial charge in [0.1, 0.15) is 18.1 Å². The van der Waals surface area contributed by atoms with Crippen molar-refractivity contribution in [1.82, 2.24) is 9.47 Å². The second-order valence-corrected chi connectivity index (χ2v) is 8.73. The van der Waals surface area contributed by atoms with Gasteiger partial charge in [-0.15, -0.1) is 0 Å². The first-order valence-electron chi connectivity index (χ1n) is 11.2. The van der Waals surface area contributed by atoms with Crippen LogP contribution in [0.3, 0.4) is 0 Å². The molecule has 1 aromatic heterocycles. The van der Waals surface area contributed by atoms with Gasteiger partial charge in [-0.3, -0.25) is 9.69 Å². The fraction of sp³-hybridized carbons (Fsp3) is 0.360. The summed E-state index contributed by atoms with van der Waals surface area (Å²) in [7, 11) is 0. The third kappa shape index (κ3) is 3.99. The fourth-order valence-electron chi connectivity index (χ4n) is 4.82. The van der Waals surface area contributed by atoms with E-state index >= 15 is 4.39 Å². The van der Waals surface area contributed by atoms with E-state index in [4.69, 9.17) is 0 Å². The lowest BCUT2D eigenvalue weighted by Crippen LogP contribution is -2.49. The molecular weight excluding hydrogens is 428 g/mol. The van der Waals surface area contributed by atoms with Crippen molar-refractivity contribution in [3.8, 4) is 0 Å². The van der Waals surface area contributed by atoms with Crippen LogP contribution < -0.4 is 10.3 Å². The van der Waals surface area contributed by atoms with Gasteiger partial charge >= 0.3 is 5.97 Å². The minimum atomic E-state index is -1.31. The molecule has 1 aliphatic carbocycles. The maximum absolute atomic E-state index is 15.3. The molecule has 0 bridgehead atoms. The zero-order valence-corrected chi connectivity index (χ0v) is 18.1. The van der Waals surface area contributed by atoms with Gasteiger partial charge < -0.3 is 14.6 Å². The van der Waals surface area contributed by atoms with Gasteiger partial charge in [0.25, 0.3) is 0 Å². The Morgan fingerprint density at radius 1 is 1.12 bits per heavy atom. The van der Waals surface area contributed by atoms with Crippen molar-refractivity contribution in [2.45, 2.75) is 24.9 Å². The highest BCUT2D eigenvalue weighted by atomic mass is 19.1. The van der Waals surface area contributed by atoms with E-state index in [0.29, 0.717) is 37.4 Å². The summed E-state index contributed by atoms with van der Waals surface area (Å²) in [5.41, 5.74) is 0.949. The maximum Gasteiger partial charge on any atom is 0.341 e. The first-order valence-corrected chi connectivity index (χ1v) is 11.2. The number of rotatable bonds is 6. The Kier molecular flexibility index (Phi) is 5.62. The minimum absolute atomic E-state index is 0.0822. The molecule has 0 amide bonds. The number of carboxylic acid groups (broad SMARTS) is 1. The Balaban J connectivity index is 1.58. The number of fused-ring (bicyclic) bond motifs is 1. The summed E-state index contributed by atoms with van der Waals surface area (Å²) in [4.78, 5) is 28.3. The molecule has 1 atom stereocenters. The number of hydrogen-bond donors (Lipinski definition) is 1. The highest BCUT2D eigenvalue weighted by Crippen LogP contribution is 2.38. The van der Waals surface area contributed by atoms with Crippen LogP contribution in [0.25, 0.3) is 10.9 Å². The van der Waals surface area contributed by atoms with Crippen LogP contribution >= 0.6 is 0 Å². The number of pyridine rings is 1. The summed E-state index contributed by atoms with van der Waals surface area (Å²) in [6.45, 7) is 1.44. The number of nitrogens with zero attached hydrogens (tertiary/aromatic N) is 3. The lowest BCUT2D eigenvalue weighted by molar-refractivity contribution is 0.0695. The smallest absolute Gasteiger partial charge is 0.341 e. The van der Waals surface area contributed by atoms with Gasteiger partial charge in [0.15, 0.2) is 0 Å². The number of carbonyl (C=O) groups is 1. The highest BCUT2D eigenvalue weighted by Gasteiger charge is 2.31. The molecule has 2 aliphatic rings. The molecule has 0 radical (unpaired) electrons. The van der Waals surface area contributed by atoms with Gasteiger partial charge in [0.05, 0.1) is 17.2 Å². The Labute approximate surface area is 189 Å². The lowest BCUT2D eigenvalue weighted by atomic mass is 10.0. The van der Waals surface area contributed by atoms with Crippen molar-refractivity contribution < 1.29 is 18.7 Å². The van der Waals surface area contributed by atoms with Crippen molar-refractivity contribution >= 4 is 22.6 Å². The van der Waals surface area contributed by atoms with Crippen molar-refractivity contribution in [3.63, 3.8) is 0 Å². The zero-order valence-electron chi connectivity index (χ0n) is 18.1. The molecule has 1 unspecified atom stereocenters. The summed E-state index contributed by atoms with van der Waals surface area (Å²) in [6, 6.07) is 12.7. The van der Waals surface area contributed by atoms with Crippen LogP contribution in [0.1, 0.15) is 40.8 Å². The Hall–Kier alpha value is -3.26. The summed E-state index contributed by atoms with van der Waals surface area (Å²) in [5.74, 6) is -1.87. The van der Waals surface area contributed by atoms with E-state index in [9.17, 15) is 19.1 Å². The highest BCUT2D eigenvalue weighted by molar-refractivity contribution is 5.93. The molecule has 1 N–H and O–H groups in total. The molecule has 1 aliphatic heterocycles. The quantitative estimate of drug-likeness (QED) is 0.611. The molecule has 6 nitrogen and oxygen atoms in total. The number of benzene rings is 2. The van der Waals surface area contributed by atoms with E-state index in [1.807, 2.05) is 35.2 Å². The molecule has 1 saturated carbocycles. The number of anilines is 1. The number of piperazine rings is 1. The molecule has 8 heteroatoms. The average molecular weight is 453 g/mol. The summed E-state index contributed by atoms with van der Waals surface area (Å²) < 4.78 is 30.3. The number of aromatic nitrogens is 1. The molecule has 5 rings (SSSR count). The van der Waals surface area contributed by atoms with E-state index in [1.165, 1.54) is 12.3 Å². The van der Waals surface area contributed by atoms with Crippen molar-refractivity contribution in [2.24, 2.45) is 0 Å². The number of alkyl halides is 1. The number of halogens is 2. The van der Waals surface area contributed by atoms with Gasteiger partial charge in [-0.2, -0.15) is 0 Å². The topological polar surface area (TPSA) is 65.8 Å². The molecule has 1 saturated heterocycles. The third-order valence-corrected chi connectivity index (χ3v) is 6.66. The lowest BCUT2D eigenvalue weighted by Gasteiger charge is -2.42. The molecule has 33 heavy (non-hydrogen) atoms. The Bertz CT molecular complexity index is 1260. The minimum Gasteiger partial charge on any atom is -0.477 e. The molecular formula is C25H25F2N3O3. The van der Waals surface area contributed by atoms with Crippen LogP contribution in [0.5, 0.6) is 0 Å². The normalized spacial score (nSPS) is 19.2. The molecule has 2 fully saturated rings. The van der Waals surface area contributed by atoms with E-state index < -0.39 is 23.9 Å². The zero-order chi connectivity index (χ0) is 23.1. The maximum atomic E-state index is 15.3. The first-order chi connectivity index (χ1) is 16.0. The van der Waals surface area contributed by atoms with Gasteiger partial charge in [0.2, 0.25) is 5.43 Å². The average Bonchev–Trinajstić information content (AvgIpc) is 3.66. The van der Waals surface area contributed by atoms with Crippen LogP contribution in [-0.2, 0) is 0 Å². The standard InChI is InChI=1S/C25H25F2N3O3/c26-8-9-28-10-11-29(15-23(28)16-4-2-1-3-5-16)22-13-21-18(12-20(22)27)24(31)19(25(32)33)14-30(21)17-6-7-17/h1-5,12-14,17,23H,6-11,15H2,(H,32,33). The van der Waals surface area contributed by atoms with Gasteiger partial charge in [-0.25, -0.2) is 13.6 Å². The number of carboxylic acids is 1. The predicted molar refractivity (Wildman–Crippen MR) is 122 cm³/mol. The van der Waals surface area contributed by atoms with Gasteiger partial charge in [-0.1, -0.05) is 30.3 Å². The number of hydrogen-bond acceptors (Lipinski definition) is 4. The summed E-state index contributed by atoms with van der Waals surface area (Å²) in [6.07, 6.45) is 3.17. The van der Waals surface area contributed by atoms with E-state index in [0.717, 1.165) is 18.4 Å². The monoisotopic (exact) mass is 453 g/mol. The third-order valence-electron chi connectivity index (χ3n) is 6.66. The molecule has 2 heterocycles. The number of aromatic carboxylic acids is 1. The Morgan fingerprint density at radius 3 is 2.55 bits per heavy atom. The summed E-state index contributed by atoms with van der Waals surface area (Å²) >= 11 is 0. The largest absolute Gasteiger partial charge is 0.477 e. The van der Waals surface area contributed by atoms with Gasteiger partial charge in [-0.05, 0) is 30.5 Å². The predicted octanol–water partition coefficient (Wildman–Crippen LogP) is 4.01.